The van der Waals surface area contributed by atoms with Gasteiger partial charge >= 0.3 is 0 Å². The van der Waals surface area contributed by atoms with Crippen molar-refractivity contribution in [3.63, 3.8) is 0 Å². The topological polar surface area (TPSA) is 39.5 Å². The Hall–Kier alpha value is -3.02. The monoisotopic (exact) mass is 353 g/mol. The number of halogens is 1. The molecule has 0 amide bonds. The average molecular weight is 353 g/mol. The number of benzene rings is 2. The number of aromatic nitrogens is 2. The molecule has 26 heavy (non-hydrogen) atoms. The Morgan fingerprint density at radius 3 is 2.81 bits per heavy atom. The van der Waals surface area contributed by atoms with Crippen LogP contribution in [0.2, 0.25) is 0 Å². The first-order valence-electron chi connectivity index (χ1n) is 8.54. The summed E-state index contributed by atoms with van der Waals surface area (Å²) in [5.41, 5.74) is 1.93. The van der Waals surface area contributed by atoms with Crippen LogP contribution in [0, 0.1) is 5.82 Å². The minimum absolute atomic E-state index is 0.253. The van der Waals surface area contributed by atoms with Crippen LogP contribution in [0.15, 0.2) is 54.9 Å². The predicted molar refractivity (Wildman–Crippen MR) is 96.9 cm³/mol. The molecule has 0 fully saturated rings. The predicted octanol–water partition coefficient (Wildman–Crippen LogP) is 3.54. The maximum Gasteiger partial charge on any atom is 0.146 e. The van der Waals surface area contributed by atoms with E-state index in [4.69, 9.17) is 9.47 Å². The van der Waals surface area contributed by atoms with Crippen LogP contribution in [-0.4, -0.2) is 22.7 Å². The molecule has 2 aromatic carbocycles. The molecule has 0 saturated carbocycles. The number of rotatable bonds is 5. The van der Waals surface area contributed by atoms with E-state index >= 15 is 0 Å². The van der Waals surface area contributed by atoms with Gasteiger partial charge in [0.1, 0.15) is 36.4 Å². The summed E-state index contributed by atoms with van der Waals surface area (Å²) in [6.07, 6.45) is 3.65. The van der Waals surface area contributed by atoms with Gasteiger partial charge in [0.25, 0.3) is 0 Å². The molecule has 0 radical (unpaired) electrons. The Labute approximate surface area is 151 Å². The molecule has 0 bridgehead atoms. The van der Waals surface area contributed by atoms with E-state index in [9.17, 15) is 4.39 Å². The zero-order chi connectivity index (χ0) is 17.9. The third-order valence-corrected chi connectivity index (χ3v) is 4.47. The Balaban J connectivity index is 1.42. The van der Waals surface area contributed by atoms with Gasteiger partial charge in [-0.3, -0.25) is 0 Å². The van der Waals surface area contributed by atoms with Gasteiger partial charge in [-0.1, -0.05) is 12.1 Å². The molecule has 4 rings (SSSR count). The fourth-order valence-electron chi connectivity index (χ4n) is 3.01. The van der Waals surface area contributed by atoms with Gasteiger partial charge in [0.2, 0.25) is 0 Å². The van der Waals surface area contributed by atoms with E-state index in [1.54, 1.807) is 12.3 Å². The minimum atomic E-state index is -0.253. The van der Waals surface area contributed by atoms with Gasteiger partial charge in [-0.2, -0.15) is 0 Å². The lowest BCUT2D eigenvalue weighted by molar-refractivity contribution is 0.291. The van der Waals surface area contributed by atoms with E-state index in [0.29, 0.717) is 19.8 Å². The fourth-order valence-corrected chi connectivity index (χ4v) is 3.01. The first-order chi connectivity index (χ1) is 12.7. The summed E-state index contributed by atoms with van der Waals surface area (Å²) in [6, 6.07) is 12.6. The summed E-state index contributed by atoms with van der Waals surface area (Å²) in [6.45, 7) is 2.45. The van der Waals surface area contributed by atoms with Crippen molar-refractivity contribution in [2.24, 2.45) is 7.05 Å². The summed E-state index contributed by atoms with van der Waals surface area (Å²) in [4.78, 5) is 6.37. The van der Waals surface area contributed by atoms with Crippen molar-refractivity contribution in [3.8, 4) is 11.5 Å². The number of hydrogen-bond donors (Lipinski definition) is 0. The van der Waals surface area contributed by atoms with E-state index in [0.717, 1.165) is 35.1 Å². The van der Waals surface area contributed by atoms with Gasteiger partial charge in [-0.05, 0) is 29.8 Å². The van der Waals surface area contributed by atoms with Crippen LogP contribution >= 0.6 is 0 Å². The molecule has 6 heteroatoms. The van der Waals surface area contributed by atoms with Crippen LogP contribution in [0.25, 0.3) is 0 Å². The van der Waals surface area contributed by atoms with E-state index in [2.05, 4.69) is 9.88 Å². The van der Waals surface area contributed by atoms with Gasteiger partial charge in [0.15, 0.2) is 0 Å². The quantitative estimate of drug-likeness (QED) is 0.703. The largest absolute Gasteiger partial charge is 0.490 e. The number of fused-ring (bicyclic) bond motifs is 1. The zero-order valence-corrected chi connectivity index (χ0v) is 14.6. The maximum absolute atomic E-state index is 13.6. The van der Waals surface area contributed by atoms with E-state index in [1.165, 1.54) is 12.1 Å². The lowest BCUT2D eigenvalue weighted by Gasteiger charge is -2.31. The molecule has 1 aliphatic rings. The standard InChI is InChI=1S/C20H20FN3O2/c1-23-9-8-22-20(23)14-26-17-5-2-15(3-6-17)13-24-10-11-25-19-7-4-16(21)12-18(19)24/h2-9,12H,10-11,13-14H2,1H3. The third-order valence-electron chi connectivity index (χ3n) is 4.47. The van der Waals surface area contributed by atoms with Crippen molar-refractivity contribution in [1.29, 1.82) is 0 Å². The lowest BCUT2D eigenvalue weighted by atomic mass is 10.1. The molecule has 1 aromatic heterocycles. The molecule has 134 valence electrons. The molecule has 0 aliphatic carbocycles. The highest BCUT2D eigenvalue weighted by molar-refractivity contribution is 5.60. The maximum atomic E-state index is 13.6. The molecule has 1 aliphatic heterocycles. The molecule has 0 saturated heterocycles. The highest BCUT2D eigenvalue weighted by atomic mass is 19.1. The third kappa shape index (κ3) is 3.49. The van der Waals surface area contributed by atoms with Crippen molar-refractivity contribution < 1.29 is 13.9 Å². The van der Waals surface area contributed by atoms with E-state index < -0.39 is 0 Å². The number of nitrogens with zero attached hydrogens (tertiary/aromatic N) is 3. The van der Waals surface area contributed by atoms with E-state index in [1.807, 2.05) is 42.1 Å². The first-order valence-corrected chi connectivity index (χ1v) is 8.54. The second kappa shape index (κ2) is 7.07. The highest BCUT2D eigenvalue weighted by Crippen LogP contribution is 2.33. The second-order valence-electron chi connectivity index (χ2n) is 6.27. The van der Waals surface area contributed by atoms with Crippen molar-refractivity contribution in [3.05, 3.63) is 72.1 Å². The number of hydrogen-bond acceptors (Lipinski definition) is 4. The second-order valence-corrected chi connectivity index (χ2v) is 6.27. The molecular weight excluding hydrogens is 333 g/mol. The van der Waals surface area contributed by atoms with Crippen LogP contribution in [0.4, 0.5) is 10.1 Å². The number of aryl methyl sites for hydroxylation is 1. The first kappa shape index (κ1) is 16.4. The molecule has 3 aromatic rings. The van der Waals surface area contributed by atoms with Crippen molar-refractivity contribution in [1.82, 2.24) is 9.55 Å². The SMILES string of the molecule is Cn1ccnc1COc1ccc(CN2CCOc3ccc(F)cc32)cc1. The minimum Gasteiger partial charge on any atom is -0.490 e. The molecule has 0 spiro atoms. The summed E-state index contributed by atoms with van der Waals surface area (Å²) in [7, 11) is 1.94. The molecule has 0 N–H and O–H groups in total. The molecule has 0 unspecified atom stereocenters. The Bertz CT molecular complexity index is 892. The molecule has 0 atom stereocenters. The van der Waals surface area contributed by atoms with Crippen LogP contribution in [-0.2, 0) is 20.2 Å². The number of anilines is 1. The molecule has 2 heterocycles. The van der Waals surface area contributed by atoms with Crippen LogP contribution < -0.4 is 14.4 Å². The number of imidazole rings is 1. The van der Waals surface area contributed by atoms with Gasteiger partial charge < -0.3 is 18.9 Å². The zero-order valence-electron chi connectivity index (χ0n) is 14.6. The van der Waals surface area contributed by atoms with Crippen molar-refractivity contribution in [2.75, 3.05) is 18.1 Å². The summed E-state index contributed by atoms with van der Waals surface area (Å²) >= 11 is 0. The van der Waals surface area contributed by atoms with Crippen LogP contribution in [0.3, 0.4) is 0 Å². The van der Waals surface area contributed by atoms with Crippen LogP contribution in [0.5, 0.6) is 11.5 Å². The smallest absolute Gasteiger partial charge is 0.146 e. The van der Waals surface area contributed by atoms with Gasteiger partial charge in [0.05, 0.1) is 12.2 Å². The van der Waals surface area contributed by atoms with Gasteiger partial charge in [0, 0.05) is 32.1 Å². The molecular formula is C20H20FN3O2. The Kier molecular flexibility index (Phi) is 4.48. The lowest BCUT2D eigenvalue weighted by Crippen LogP contribution is -2.32. The molecule has 5 nitrogen and oxygen atoms in total. The summed E-state index contributed by atoms with van der Waals surface area (Å²) < 4.78 is 26.9. The Morgan fingerprint density at radius 1 is 1.19 bits per heavy atom. The summed E-state index contributed by atoms with van der Waals surface area (Å²) in [5.74, 6) is 2.15. The summed E-state index contributed by atoms with van der Waals surface area (Å²) in [5, 5.41) is 0. The normalized spacial score (nSPS) is 13.2. The van der Waals surface area contributed by atoms with Gasteiger partial charge in [-0.25, -0.2) is 9.37 Å². The van der Waals surface area contributed by atoms with E-state index in [-0.39, 0.29) is 5.82 Å². The number of ether oxygens (including phenoxy) is 2. The Morgan fingerprint density at radius 2 is 2.04 bits per heavy atom. The van der Waals surface area contributed by atoms with Gasteiger partial charge in [-0.15, -0.1) is 0 Å². The van der Waals surface area contributed by atoms with Crippen molar-refractivity contribution >= 4 is 5.69 Å². The average Bonchev–Trinajstić information content (AvgIpc) is 3.06. The van der Waals surface area contributed by atoms with Crippen molar-refractivity contribution in [2.45, 2.75) is 13.2 Å². The fraction of sp³-hybridized carbons (Fsp3) is 0.250. The highest BCUT2D eigenvalue weighted by Gasteiger charge is 2.18. The van der Waals surface area contributed by atoms with Crippen LogP contribution in [0.1, 0.15) is 11.4 Å².